The molecule has 1 atom stereocenters. The van der Waals surface area contributed by atoms with Gasteiger partial charge in [0, 0.05) is 36.4 Å². The van der Waals surface area contributed by atoms with Gasteiger partial charge in [0.15, 0.2) is 5.78 Å². The lowest BCUT2D eigenvalue weighted by atomic mass is 9.94. The van der Waals surface area contributed by atoms with Crippen LogP contribution in [0.2, 0.25) is 0 Å². The second kappa shape index (κ2) is 11.8. The van der Waals surface area contributed by atoms with Crippen molar-refractivity contribution >= 4 is 46.4 Å². The van der Waals surface area contributed by atoms with E-state index in [1.54, 1.807) is 63.2 Å². The Balaban J connectivity index is 1.70. The third-order valence-electron chi connectivity index (χ3n) is 6.95. The van der Waals surface area contributed by atoms with Gasteiger partial charge >= 0.3 is 6.03 Å². The average Bonchev–Trinajstić information content (AvgIpc) is 3.03. The minimum Gasteiger partial charge on any atom is -0.378 e. The summed E-state index contributed by atoms with van der Waals surface area (Å²) < 4.78 is 0. The number of Topliss-reactive ketones (excluding diaryl/α,β-unsaturated/α-hetero) is 1. The van der Waals surface area contributed by atoms with Gasteiger partial charge in [0.05, 0.1) is 24.5 Å². The maximum Gasteiger partial charge on any atom is 0.319 e. The van der Waals surface area contributed by atoms with Crippen LogP contribution in [0.5, 0.6) is 0 Å². The molecule has 9 nitrogen and oxygen atoms in total. The summed E-state index contributed by atoms with van der Waals surface area (Å²) in [5.74, 6) is -0.943. The summed E-state index contributed by atoms with van der Waals surface area (Å²) in [7, 11) is 3.80. The minimum atomic E-state index is -1.12. The third kappa shape index (κ3) is 6.57. The second-order valence-corrected chi connectivity index (χ2v) is 11.4. The Hall–Kier alpha value is -4.66. The molecule has 0 aliphatic carbocycles. The maximum atomic E-state index is 14.1. The molecule has 4 amide bonds. The number of hydrogen-bond acceptors (Lipinski definition) is 5. The van der Waals surface area contributed by atoms with E-state index in [0.29, 0.717) is 22.6 Å². The van der Waals surface area contributed by atoms with Crippen LogP contribution >= 0.6 is 0 Å². The Labute approximate surface area is 241 Å². The maximum absolute atomic E-state index is 14.1. The number of ketones is 1. The number of urea groups is 1. The van der Waals surface area contributed by atoms with Crippen molar-refractivity contribution in [1.29, 1.82) is 0 Å². The molecule has 3 aromatic carbocycles. The molecule has 0 aromatic heterocycles. The van der Waals surface area contributed by atoms with Crippen LogP contribution in [0.15, 0.2) is 72.8 Å². The molecular formula is C32H37N5O4. The van der Waals surface area contributed by atoms with Crippen LogP contribution in [0.4, 0.5) is 27.5 Å². The first-order chi connectivity index (χ1) is 19.4. The second-order valence-electron chi connectivity index (χ2n) is 11.4. The number of para-hydroxylation sites is 2. The van der Waals surface area contributed by atoms with Crippen LogP contribution < -0.4 is 25.3 Å². The molecule has 0 saturated carbocycles. The number of fused-ring (bicyclic) bond motifs is 1. The molecule has 4 rings (SSSR count). The molecule has 214 valence electrons. The third-order valence-corrected chi connectivity index (χ3v) is 6.95. The monoisotopic (exact) mass is 555 g/mol. The Kier molecular flexibility index (Phi) is 8.47. The standard InChI is InChI=1S/C32H37N5O4/c1-21-12-7-8-15-24(21)28(38)20-36-26-16-9-10-17-27(26)37(30(40)32(2,3)4)19-25(29(36)39)34-31(41)33-22-13-11-14-23(18-22)35(5)6/h7-18,25H,19-20H2,1-6H3,(H2,33,34,41). The Morgan fingerprint density at radius 1 is 0.927 bits per heavy atom. The number of rotatable bonds is 6. The number of amides is 4. The van der Waals surface area contributed by atoms with Crippen molar-refractivity contribution in [2.24, 2.45) is 5.41 Å². The van der Waals surface area contributed by atoms with Crippen molar-refractivity contribution in [2.45, 2.75) is 33.7 Å². The fraction of sp³-hybridized carbons (Fsp3) is 0.312. The average molecular weight is 556 g/mol. The van der Waals surface area contributed by atoms with E-state index >= 15 is 0 Å². The van der Waals surface area contributed by atoms with Crippen molar-refractivity contribution in [3.05, 3.63) is 83.9 Å². The van der Waals surface area contributed by atoms with Gasteiger partial charge in [0.25, 0.3) is 5.91 Å². The summed E-state index contributed by atoms with van der Waals surface area (Å²) in [6.07, 6.45) is 0. The first-order valence-electron chi connectivity index (χ1n) is 13.5. The van der Waals surface area contributed by atoms with E-state index in [9.17, 15) is 19.2 Å². The van der Waals surface area contributed by atoms with Crippen molar-refractivity contribution in [3.63, 3.8) is 0 Å². The van der Waals surface area contributed by atoms with E-state index in [2.05, 4.69) is 10.6 Å². The smallest absolute Gasteiger partial charge is 0.319 e. The summed E-state index contributed by atoms with van der Waals surface area (Å²) in [4.78, 5) is 59.2. The molecule has 41 heavy (non-hydrogen) atoms. The molecule has 0 radical (unpaired) electrons. The number of carbonyl (C=O) groups excluding carboxylic acids is 4. The zero-order valence-corrected chi connectivity index (χ0v) is 24.4. The highest BCUT2D eigenvalue weighted by molar-refractivity contribution is 6.13. The highest BCUT2D eigenvalue weighted by Gasteiger charge is 2.40. The summed E-state index contributed by atoms with van der Waals surface area (Å²) in [5.41, 5.74) is 2.92. The fourth-order valence-corrected chi connectivity index (χ4v) is 4.76. The van der Waals surface area contributed by atoms with E-state index in [1.807, 2.05) is 56.3 Å². The van der Waals surface area contributed by atoms with Crippen LogP contribution in [-0.4, -0.2) is 56.9 Å². The number of aryl methyl sites for hydroxylation is 1. The molecule has 1 unspecified atom stereocenters. The van der Waals surface area contributed by atoms with Gasteiger partial charge in [-0.15, -0.1) is 0 Å². The quantitative estimate of drug-likeness (QED) is 0.423. The molecule has 0 spiro atoms. The van der Waals surface area contributed by atoms with E-state index in [4.69, 9.17) is 0 Å². The number of anilines is 4. The van der Waals surface area contributed by atoms with Crippen LogP contribution in [0.1, 0.15) is 36.7 Å². The van der Waals surface area contributed by atoms with Crippen molar-refractivity contribution in [3.8, 4) is 0 Å². The number of nitrogens with one attached hydrogen (secondary N) is 2. The van der Waals surface area contributed by atoms with Crippen LogP contribution in [0.3, 0.4) is 0 Å². The number of hydrogen-bond donors (Lipinski definition) is 2. The predicted octanol–water partition coefficient (Wildman–Crippen LogP) is 4.86. The van der Waals surface area contributed by atoms with Gasteiger partial charge in [0.2, 0.25) is 5.91 Å². The first kappa shape index (κ1) is 29.3. The Morgan fingerprint density at radius 3 is 2.24 bits per heavy atom. The molecule has 0 fully saturated rings. The lowest BCUT2D eigenvalue weighted by Gasteiger charge is -2.30. The molecule has 3 aromatic rings. The zero-order chi connectivity index (χ0) is 29.9. The highest BCUT2D eigenvalue weighted by Crippen LogP contribution is 2.35. The van der Waals surface area contributed by atoms with Gasteiger partial charge in [-0.05, 0) is 42.8 Å². The van der Waals surface area contributed by atoms with Crippen LogP contribution in [0.25, 0.3) is 0 Å². The number of carbonyl (C=O) groups is 4. The van der Waals surface area contributed by atoms with Crippen LogP contribution in [-0.2, 0) is 9.59 Å². The van der Waals surface area contributed by atoms with Gasteiger partial charge in [0.1, 0.15) is 6.04 Å². The molecule has 1 heterocycles. The molecule has 1 aliphatic rings. The minimum absolute atomic E-state index is 0.0911. The molecule has 0 bridgehead atoms. The molecule has 0 saturated heterocycles. The van der Waals surface area contributed by atoms with Gasteiger partial charge in [-0.25, -0.2) is 4.79 Å². The van der Waals surface area contributed by atoms with E-state index < -0.39 is 23.4 Å². The summed E-state index contributed by atoms with van der Waals surface area (Å²) in [6.45, 7) is 6.91. The van der Waals surface area contributed by atoms with Crippen molar-refractivity contribution in [1.82, 2.24) is 5.32 Å². The first-order valence-corrected chi connectivity index (χ1v) is 13.5. The predicted molar refractivity (Wildman–Crippen MR) is 163 cm³/mol. The summed E-state index contributed by atoms with van der Waals surface area (Å²) >= 11 is 0. The van der Waals surface area contributed by atoms with Gasteiger partial charge < -0.3 is 25.3 Å². The zero-order valence-electron chi connectivity index (χ0n) is 24.4. The van der Waals surface area contributed by atoms with E-state index in [-0.39, 0.29) is 24.8 Å². The highest BCUT2D eigenvalue weighted by atomic mass is 16.2. The molecule has 1 aliphatic heterocycles. The van der Waals surface area contributed by atoms with Crippen molar-refractivity contribution in [2.75, 3.05) is 47.2 Å². The van der Waals surface area contributed by atoms with E-state index in [0.717, 1.165) is 11.3 Å². The summed E-state index contributed by atoms with van der Waals surface area (Å²) in [5, 5.41) is 5.56. The molecular weight excluding hydrogens is 518 g/mol. The Morgan fingerprint density at radius 2 is 1.59 bits per heavy atom. The fourth-order valence-electron chi connectivity index (χ4n) is 4.76. The lowest BCUT2D eigenvalue weighted by molar-refractivity contribution is -0.126. The largest absolute Gasteiger partial charge is 0.378 e. The number of benzene rings is 3. The Bertz CT molecular complexity index is 1480. The normalized spacial score (nSPS) is 15.1. The van der Waals surface area contributed by atoms with Gasteiger partial charge in [-0.2, -0.15) is 0 Å². The van der Waals surface area contributed by atoms with E-state index in [1.165, 1.54) is 9.80 Å². The SMILES string of the molecule is Cc1ccccc1C(=O)CN1C(=O)C(NC(=O)Nc2cccc(N(C)C)c2)CN(C(=O)C(C)(C)C)c2ccccc21. The van der Waals surface area contributed by atoms with Crippen LogP contribution in [0, 0.1) is 12.3 Å². The van der Waals surface area contributed by atoms with Gasteiger partial charge in [-0.3, -0.25) is 14.4 Å². The summed E-state index contributed by atoms with van der Waals surface area (Å²) in [6, 6.07) is 19.8. The number of nitrogens with zero attached hydrogens (tertiary/aromatic N) is 3. The van der Waals surface area contributed by atoms with Gasteiger partial charge in [-0.1, -0.05) is 63.2 Å². The topological polar surface area (TPSA) is 102 Å². The molecule has 2 N–H and O–H groups in total. The molecule has 9 heteroatoms. The van der Waals surface area contributed by atoms with Crippen molar-refractivity contribution < 1.29 is 19.2 Å². The lowest BCUT2D eigenvalue weighted by Crippen LogP contribution is -2.55.